The predicted octanol–water partition coefficient (Wildman–Crippen LogP) is 1.15. The highest BCUT2D eigenvalue weighted by atomic mass is 32.2. The normalized spacial score (nSPS) is 13.1. The molecule has 0 radical (unpaired) electrons. The Labute approximate surface area is 188 Å². The summed E-state index contributed by atoms with van der Waals surface area (Å²) < 4.78 is 47.3. The number of carbonyl (C=O) groups excluding carboxylic acids is 1. The minimum Gasteiger partial charge on any atom is -0.478 e. The van der Waals surface area contributed by atoms with E-state index >= 15 is 0 Å². The zero-order chi connectivity index (χ0) is 23.7. The number of hydrogen-bond acceptors (Lipinski definition) is 8. The van der Waals surface area contributed by atoms with Crippen molar-refractivity contribution in [2.75, 3.05) is 18.6 Å². The van der Waals surface area contributed by atoms with Crippen LogP contribution in [-0.2, 0) is 24.7 Å². The maximum atomic E-state index is 12.5. The van der Waals surface area contributed by atoms with E-state index in [1.165, 1.54) is 12.1 Å². The van der Waals surface area contributed by atoms with Crippen LogP contribution in [0.1, 0.15) is 20.6 Å². The number of aromatic nitrogens is 1. The van der Waals surface area contributed by atoms with Crippen molar-refractivity contribution in [2.24, 2.45) is 5.14 Å². The SMILES string of the molecule is CS(=O)(=O)C(C(=O)NCCS(N)(=O)=O)c1nc2ccc(-c3ccc(C(=O)O)cc3)cc2s1. The summed E-state index contributed by atoms with van der Waals surface area (Å²) in [6, 6.07) is 11.5. The van der Waals surface area contributed by atoms with Gasteiger partial charge in [-0.15, -0.1) is 11.3 Å². The van der Waals surface area contributed by atoms with Crippen molar-refractivity contribution < 1.29 is 31.5 Å². The van der Waals surface area contributed by atoms with Gasteiger partial charge in [0.1, 0.15) is 5.01 Å². The van der Waals surface area contributed by atoms with Crippen LogP contribution < -0.4 is 10.5 Å². The average molecular weight is 498 g/mol. The molecule has 0 aliphatic heterocycles. The first kappa shape index (κ1) is 23.8. The first-order chi connectivity index (χ1) is 14.8. The maximum Gasteiger partial charge on any atom is 0.335 e. The first-order valence-corrected chi connectivity index (χ1v) is 13.5. The van der Waals surface area contributed by atoms with Crippen molar-refractivity contribution in [2.45, 2.75) is 5.25 Å². The number of sulfone groups is 1. The molecule has 4 N–H and O–H groups in total. The summed E-state index contributed by atoms with van der Waals surface area (Å²) in [6.45, 7) is -0.328. The Kier molecular flexibility index (Phi) is 6.64. The molecule has 1 heterocycles. The minimum absolute atomic E-state index is 0.0500. The van der Waals surface area contributed by atoms with Crippen LogP contribution in [0.4, 0.5) is 0 Å². The number of thiazole rings is 1. The highest BCUT2D eigenvalue weighted by Crippen LogP contribution is 2.33. The standard InChI is InChI=1S/C19H19N3O7S3/c1-31(26,27)16(17(23)21-8-9-32(20,28)29)18-22-14-7-6-13(10-15(14)30-18)11-2-4-12(5-3-11)19(24)25/h2-7,10,16H,8-9H2,1H3,(H,21,23)(H,24,25)(H2,20,28,29). The number of primary sulfonamides is 1. The number of carbonyl (C=O) groups is 2. The average Bonchev–Trinajstić information content (AvgIpc) is 3.08. The molecule has 0 saturated carbocycles. The fourth-order valence-corrected chi connectivity index (χ4v) is 5.87. The van der Waals surface area contributed by atoms with Gasteiger partial charge in [0.25, 0.3) is 0 Å². The fourth-order valence-electron chi connectivity index (χ4n) is 2.94. The lowest BCUT2D eigenvalue weighted by Gasteiger charge is -2.12. The minimum atomic E-state index is -3.91. The lowest BCUT2D eigenvalue weighted by molar-refractivity contribution is -0.120. The summed E-state index contributed by atoms with van der Waals surface area (Å²) in [5.74, 6) is -2.45. The van der Waals surface area contributed by atoms with Gasteiger partial charge < -0.3 is 10.4 Å². The third kappa shape index (κ3) is 5.68. The van der Waals surface area contributed by atoms with Crippen LogP contribution in [0.15, 0.2) is 42.5 Å². The molecule has 1 atom stereocenters. The smallest absolute Gasteiger partial charge is 0.335 e. The monoisotopic (exact) mass is 497 g/mol. The van der Waals surface area contributed by atoms with Gasteiger partial charge in [-0.2, -0.15) is 0 Å². The van der Waals surface area contributed by atoms with Crippen LogP contribution in [0.25, 0.3) is 21.3 Å². The molecule has 0 aliphatic carbocycles. The number of amides is 1. The van der Waals surface area contributed by atoms with Gasteiger partial charge in [-0.1, -0.05) is 18.2 Å². The van der Waals surface area contributed by atoms with Crippen molar-refractivity contribution in [1.29, 1.82) is 0 Å². The Hall–Kier alpha value is -2.87. The summed E-state index contributed by atoms with van der Waals surface area (Å²) in [5.41, 5.74) is 2.16. The number of carboxylic acid groups (broad SMARTS) is 1. The second kappa shape index (κ2) is 8.94. The number of nitrogens with two attached hydrogens (primary N) is 1. The van der Waals surface area contributed by atoms with E-state index in [1.54, 1.807) is 30.3 Å². The summed E-state index contributed by atoms with van der Waals surface area (Å²) in [5, 5.41) is 14.6. The third-order valence-corrected chi connectivity index (χ3v) is 7.75. The molecule has 32 heavy (non-hydrogen) atoms. The maximum absolute atomic E-state index is 12.5. The first-order valence-electron chi connectivity index (χ1n) is 9.06. The van der Waals surface area contributed by atoms with Gasteiger partial charge in [0, 0.05) is 12.8 Å². The Morgan fingerprint density at radius 2 is 1.72 bits per heavy atom. The molecule has 0 saturated heterocycles. The molecule has 170 valence electrons. The largest absolute Gasteiger partial charge is 0.478 e. The van der Waals surface area contributed by atoms with Gasteiger partial charge in [0.15, 0.2) is 15.1 Å². The summed E-state index contributed by atoms with van der Waals surface area (Å²) in [4.78, 5) is 27.8. The van der Waals surface area contributed by atoms with Crippen LogP contribution >= 0.6 is 11.3 Å². The molecule has 0 fully saturated rings. The van der Waals surface area contributed by atoms with Gasteiger partial charge in [-0.25, -0.2) is 31.8 Å². The number of fused-ring (bicyclic) bond motifs is 1. The molecule has 0 bridgehead atoms. The molecule has 13 heteroatoms. The predicted molar refractivity (Wildman–Crippen MR) is 121 cm³/mol. The Morgan fingerprint density at radius 1 is 1.09 bits per heavy atom. The van der Waals surface area contributed by atoms with Gasteiger partial charge in [0.2, 0.25) is 15.9 Å². The van der Waals surface area contributed by atoms with Crippen molar-refractivity contribution in [3.8, 4) is 11.1 Å². The van der Waals surface area contributed by atoms with E-state index in [0.29, 0.717) is 10.2 Å². The molecule has 2 aromatic carbocycles. The van der Waals surface area contributed by atoms with Crippen LogP contribution in [-0.4, -0.2) is 57.4 Å². The van der Waals surface area contributed by atoms with Crippen molar-refractivity contribution in [3.05, 3.63) is 53.0 Å². The van der Waals surface area contributed by atoms with E-state index in [-0.39, 0.29) is 17.1 Å². The summed E-state index contributed by atoms with van der Waals surface area (Å²) in [6.07, 6.45) is 0.901. The van der Waals surface area contributed by atoms with Crippen LogP contribution in [0.2, 0.25) is 0 Å². The van der Waals surface area contributed by atoms with Gasteiger partial charge in [-0.05, 0) is 35.4 Å². The van der Waals surface area contributed by atoms with Gasteiger partial charge in [-0.3, -0.25) is 4.79 Å². The Balaban J connectivity index is 1.92. The Morgan fingerprint density at radius 3 is 2.28 bits per heavy atom. The van der Waals surface area contributed by atoms with Crippen LogP contribution in [0.5, 0.6) is 0 Å². The topological polar surface area (TPSA) is 174 Å². The van der Waals surface area contributed by atoms with Crippen molar-refractivity contribution in [1.82, 2.24) is 10.3 Å². The van der Waals surface area contributed by atoms with E-state index in [9.17, 15) is 26.4 Å². The number of nitrogens with zero attached hydrogens (tertiary/aromatic N) is 1. The summed E-state index contributed by atoms with van der Waals surface area (Å²) in [7, 11) is -7.72. The fraction of sp³-hybridized carbons (Fsp3) is 0.211. The number of nitrogens with one attached hydrogen (secondary N) is 1. The molecule has 1 amide bonds. The highest BCUT2D eigenvalue weighted by Gasteiger charge is 2.34. The second-order valence-electron chi connectivity index (χ2n) is 6.98. The van der Waals surface area contributed by atoms with Crippen LogP contribution in [0, 0.1) is 0 Å². The zero-order valence-electron chi connectivity index (χ0n) is 16.7. The van der Waals surface area contributed by atoms with Gasteiger partial charge in [0.05, 0.1) is 21.5 Å². The molecule has 1 aromatic heterocycles. The molecular formula is C19H19N3O7S3. The molecular weight excluding hydrogens is 478 g/mol. The molecule has 0 aliphatic rings. The quantitative estimate of drug-likeness (QED) is 0.415. The third-order valence-electron chi connectivity index (χ3n) is 4.45. The lowest BCUT2D eigenvalue weighted by Crippen LogP contribution is -2.37. The highest BCUT2D eigenvalue weighted by molar-refractivity contribution is 7.91. The van der Waals surface area contributed by atoms with E-state index in [4.69, 9.17) is 10.2 Å². The van der Waals surface area contributed by atoms with Crippen LogP contribution in [0.3, 0.4) is 0 Å². The van der Waals surface area contributed by atoms with Gasteiger partial charge >= 0.3 is 5.97 Å². The number of rotatable bonds is 8. The zero-order valence-corrected chi connectivity index (χ0v) is 19.1. The van der Waals surface area contributed by atoms with E-state index in [0.717, 1.165) is 28.7 Å². The molecule has 3 aromatic rings. The van der Waals surface area contributed by atoms with E-state index < -0.39 is 42.7 Å². The number of hydrogen-bond donors (Lipinski definition) is 3. The molecule has 3 rings (SSSR count). The van der Waals surface area contributed by atoms with Crippen molar-refractivity contribution >= 4 is 53.3 Å². The number of benzene rings is 2. The molecule has 10 nitrogen and oxygen atoms in total. The second-order valence-corrected chi connectivity index (χ2v) is 11.9. The number of carboxylic acids is 1. The number of sulfonamides is 1. The molecule has 0 spiro atoms. The summed E-state index contributed by atoms with van der Waals surface area (Å²) >= 11 is 1.03. The van der Waals surface area contributed by atoms with Crippen molar-refractivity contribution in [3.63, 3.8) is 0 Å². The van der Waals surface area contributed by atoms with E-state index in [2.05, 4.69) is 10.3 Å². The number of aromatic carboxylic acids is 1. The Bertz CT molecular complexity index is 1400. The lowest BCUT2D eigenvalue weighted by atomic mass is 10.0. The van der Waals surface area contributed by atoms with E-state index in [1.807, 2.05) is 0 Å². The molecule has 1 unspecified atom stereocenters.